The second-order valence-corrected chi connectivity index (χ2v) is 11.8. The molecule has 1 unspecified atom stereocenters. The molecule has 0 saturated heterocycles. The van der Waals surface area contributed by atoms with Gasteiger partial charge in [-0.05, 0) is 60.7 Å². The van der Waals surface area contributed by atoms with Crippen LogP contribution in [0.15, 0.2) is 95.2 Å². The summed E-state index contributed by atoms with van der Waals surface area (Å²) in [5.74, 6) is 0.580. The lowest BCUT2D eigenvalue weighted by Crippen LogP contribution is -2.41. The van der Waals surface area contributed by atoms with Crippen LogP contribution in [0.2, 0.25) is 0 Å². The number of rotatable bonds is 13. The first kappa shape index (κ1) is 29.7. The Bertz CT molecular complexity index is 1530. The molecule has 3 N–H and O–H groups in total. The summed E-state index contributed by atoms with van der Waals surface area (Å²) in [6.45, 7) is 2.64. The normalized spacial score (nSPS) is 11.8. The van der Waals surface area contributed by atoms with Crippen molar-refractivity contribution in [3.8, 4) is 11.5 Å². The summed E-state index contributed by atoms with van der Waals surface area (Å²) in [4.78, 5) is 30.8. The topological polar surface area (TPSA) is 136 Å². The summed E-state index contributed by atoms with van der Waals surface area (Å²) < 4.78 is 36.1. The molecule has 1 aromatic heterocycles. The number of hydrazine groups is 1. The predicted octanol–water partition coefficient (Wildman–Crippen LogP) is 5.05. The van der Waals surface area contributed by atoms with Crippen molar-refractivity contribution in [2.45, 2.75) is 31.3 Å². The third-order valence-electron chi connectivity index (χ3n) is 5.85. The van der Waals surface area contributed by atoms with Crippen molar-refractivity contribution in [3.63, 3.8) is 0 Å². The molecular weight excluding hydrogens is 564 g/mol. The number of hydrogen-bond donors (Lipinski definition) is 3. The Balaban J connectivity index is 1.18. The van der Waals surface area contributed by atoms with Crippen molar-refractivity contribution in [3.05, 3.63) is 107 Å². The molecule has 12 heteroatoms. The van der Waals surface area contributed by atoms with E-state index in [0.717, 1.165) is 17.0 Å². The zero-order valence-corrected chi connectivity index (χ0v) is 23.9. The average Bonchev–Trinajstić information content (AvgIpc) is 3.47. The monoisotopic (exact) mass is 594 g/mol. The van der Waals surface area contributed by atoms with Crippen molar-refractivity contribution in [2.75, 3.05) is 6.54 Å². The van der Waals surface area contributed by atoms with Crippen LogP contribution >= 0.6 is 11.3 Å². The number of aryl methyl sites for hydroxylation is 1. The zero-order chi connectivity index (χ0) is 29.1. The third-order valence-corrected chi connectivity index (χ3v) is 8.03. The van der Waals surface area contributed by atoms with Crippen LogP contribution in [0.25, 0.3) is 0 Å². The molecule has 41 heavy (non-hydrogen) atoms. The Morgan fingerprint density at radius 1 is 0.927 bits per heavy atom. The molecule has 10 nitrogen and oxygen atoms in total. The van der Waals surface area contributed by atoms with Gasteiger partial charge in [-0.15, -0.1) is 16.2 Å². The Morgan fingerprint density at radius 2 is 1.59 bits per heavy atom. The molecule has 3 aromatic carbocycles. The Kier molecular flexibility index (Phi) is 10.4. The molecule has 0 saturated carbocycles. The summed E-state index contributed by atoms with van der Waals surface area (Å²) in [5.41, 5.74) is 3.22. The number of carbonyl (C=O) groups excluding carboxylic acids is 2. The van der Waals surface area contributed by atoms with E-state index in [2.05, 4.69) is 20.6 Å². The standard InChI is InChI=1S/C29H30N4O6S2/c1-21(18-30-29(35)38-19-22-8-4-2-5-9-22)12-17-27-31-26(20-40-27)28(34)32-33-41(36,37)25-15-13-24(14-16-25)39-23-10-6-3-7-11-23/h2-11,13-16,20-21,33H,12,17-19H2,1H3,(H,30,35)(H,32,34). The molecule has 0 aliphatic heterocycles. The van der Waals surface area contributed by atoms with Crippen molar-refractivity contribution < 1.29 is 27.5 Å². The summed E-state index contributed by atoms with van der Waals surface area (Å²) in [6, 6.07) is 24.4. The third kappa shape index (κ3) is 9.41. The molecule has 2 amide bonds. The largest absolute Gasteiger partial charge is 0.457 e. The number of amides is 2. The molecule has 1 heterocycles. The van der Waals surface area contributed by atoms with E-state index in [9.17, 15) is 18.0 Å². The number of benzene rings is 3. The number of nitrogens with one attached hydrogen (secondary N) is 3. The van der Waals surface area contributed by atoms with Gasteiger partial charge in [0.05, 0.1) is 9.90 Å². The first-order valence-electron chi connectivity index (χ1n) is 12.8. The van der Waals surface area contributed by atoms with Crippen LogP contribution in [-0.2, 0) is 27.8 Å². The zero-order valence-electron chi connectivity index (χ0n) is 22.3. The van der Waals surface area contributed by atoms with Crippen LogP contribution in [0.3, 0.4) is 0 Å². The molecule has 1 atom stereocenters. The predicted molar refractivity (Wildman–Crippen MR) is 155 cm³/mol. The van der Waals surface area contributed by atoms with E-state index in [1.807, 2.05) is 55.5 Å². The Morgan fingerprint density at radius 3 is 2.29 bits per heavy atom. The maximum Gasteiger partial charge on any atom is 0.407 e. The summed E-state index contributed by atoms with van der Waals surface area (Å²) in [6.07, 6.45) is 0.848. The van der Waals surface area contributed by atoms with Gasteiger partial charge in [0.1, 0.15) is 23.8 Å². The van der Waals surface area contributed by atoms with E-state index in [1.165, 1.54) is 35.6 Å². The molecule has 0 radical (unpaired) electrons. The Labute approximate surface area is 242 Å². The highest BCUT2D eigenvalue weighted by Crippen LogP contribution is 2.22. The smallest absolute Gasteiger partial charge is 0.407 e. The molecule has 0 bridgehead atoms. The number of carbonyl (C=O) groups is 2. The SMILES string of the molecule is CC(CCc1nc(C(=O)NNS(=O)(=O)c2ccc(Oc3ccccc3)cc2)cs1)CNC(=O)OCc1ccccc1. The van der Waals surface area contributed by atoms with E-state index in [-0.39, 0.29) is 23.1 Å². The highest BCUT2D eigenvalue weighted by atomic mass is 32.2. The number of alkyl carbamates (subject to hydrolysis) is 1. The van der Waals surface area contributed by atoms with E-state index in [0.29, 0.717) is 24.5 Å². The lowest BCUT2D eigenvalue weighted by Gasteiger charge is -2.12. The van der Waals surface area contributed by atoms with Gasteiger partial charge < -0.3 is 14.8 Å². The highest BCUT2D eigenvalue weighted by Gasteiger charge is 2.18. The molecule has 0 aliphatic rings. The quantitative estimate of drug-likeness (QED) is 0.184. The van der Waals surface area contributed by atoms with Crippen LogP contribution in [0, 0.1) is 5.92 Å². The summed E-state index contributed by atoms with van der Waals surface area (Å²) >= 11 is 1.31. The molecule has 0 spiro atoms. The van der Waals surface area contributed by atoms with Gasteiger partial charge in [0.25, 0.3) is 15.9 Å². The number of aromatic nitrogens is 1. The second kappa shape index (κ2) is 14.4. The number of hydrogen-bond acceptors (Lipinski definition) is 8. The summed E-state index contributed by atoms with van der Waals surface area (Å²) in [7, 11) is -4.01. The molecular formula is C29H30N4O6S2. The Hall–Kier alpha value is -4.26. The van der Waals surface area contributed by atoms with Gasteiger partial charge in [0.15, 0.2) is 0 Å². The van der Waals surface area contributed by atoms with Gasteiger partial charge in [-0.1, -0.05) is 55.5 Å². The van der Waals surface area contributed by atoms with Gasteiger partial charge in [0.2, 0.25) is 0 Å². The van der Waals surface area contributed by atoms with Gasteiger partial charge in [-0.25, -0.2) is 18.2 Å². The lowest BCUT2D eigenvalue weighted by atomic mass is 10.1. The van der Waals surface area contributed by atoms with Crippen molar-refractivity contribution in [2.24, 2.45) is 5.92 Å². The molecule has 4 rings (SSSR count). The number of para-hydroxylation sites is 1. The minimum absolute atomic E-state index is 0.0382. The van der Waals surface area contributed by atoms with Crippen LogP contribution < -0.4 is 20.3 Å². The average molecular weight is 595 g/mol. The van der Waals surface area contributed by atoms with Gasteiger partial charge >= 0.3 is 6.09 Å². The minimum Gasteiger partial charge on any atom is -0.457 e. The first-order chi connectivity index (χ1) is 19.8. The fraction of sp³-hybridized carbons (Fsp3) is 0.207. The first-order valence-corrected chi connectivity index (χ1v) is 15.2. The van der Waals surface area contributed by atoms with Crippen LogP contribution in [0.1, 0.15) is 34.4 Å². The number of ether oxygens (including phenoxy) is 2. The molecule has 0 aliphatic carbocycles. The van der Waals surface area contributed by atoms with Crippen LogP contribution in [-0.4, -0.2) is 31.9 Å². The highest BCUT2D eigenvalue weighted by molar-refractivity contribution is 7.89. The lowest BCUT2D eigenvalue weighted by molar-refractivity contribution is 0.0940. The molecule has 4 aromatic rings. The van der Waals surface area contributed by atoms with Crippen molar-refractivity contribution >= 4 is 33.4 Å². The van der Waals surface area contributed by atoms with Crippen molar-refractivity contribution in [1.82, 2.24) is 20.6 Å². The van der Waals surface area contributed by atoms with Gasteiger partial charge in [-0.3, -0.25) is 10.2 Å². The van der Waals surface area contributed by atoms with Gasteiger partial charge in [0, 0.05) is 11.9 Å². The maximum absolute atomic E-state index is 12.6. The summed E-state index contributed by atoms with van der Waals surface area (Å²) in [5, 5.41) is 5.05. The van der Waals surface area contributed by atoms with Crippen LogP contribution in [0.5, 0.6) is 11.5 Å². The minimum atomic E-state index is -4.01. The van der Waals surface area contributed by atoms with E-state index < -0.39 is 22.0 Å². The number of nitrogens with zero attached hydrogens (tertiary/aromatic N) is 1. The van der Waals surface area contributed by atoms with E-state index in [4.69, 9.17) is 9.47 Å². The molecule has 0 fully saturated rings. The van der Waals surface area contributed by atoms with Crippen molar-refractivity contribution in [1.29, 1.82) is 0 Å². The van der Waals surface area contributed by atoms with E-state index in [1.54, 1.807) is 17.5 Å². The van der Waals surface area contributed by atoms with Gasteiger partial charge in [-0.2, -0.15) is 0 Å². The second-order valence-electron chi connectivity index (χ2n) is 9.16. The number of thiazole rings is 1. The maximum atomic E-state index is 12.6. The van der Waals surface area contributed by atoms with E-state index >= 15 is 0 Å². The number of sulfonamides is 1. The molecule has 214 valence electrons. The fourth-order valence-electron chi connectivity index (χ4n) is 3.58. The van der Waals surface area contributed by atoms with Crippen LogP contribution in [0.4, 0.5) is 4.79 Å². The fourth-order valence-corrected chi connectivity index (χ4v) is 5.22.